The number of nitrogens with one attached hydrogen (secondary N) is 1. The Morgan fingerprint density at radius 2 is 2.19 bits per heavy atom. The number of carbonyl (C=O) groups excluding carboxylic acids is 3. The second kappa shape index (κ2) is 7.21. The predicted molar refractivity (Wildman–Crippen MR) is 78.0 cm³/mol. The van der Waals surface area contributed by atoms with E-state index in [2.05, 4.69) is 5.32 Å². The Labute approximate surface area is 127 Å². The fourth-order valence-corrected chi connectivity index (χ4v) is 2.55. The Hall–Kier alpha value is -1.89. The number of rotatable bonds is 7. The smallest absolute Gasteiger partial charge is 0.325 e. The van der Waals surface area contributed by atoms with Gasteiger partial charge in [-0.25, -0.2) is 0 Å². The van der Waals surface area contributed by atoms with Crippen LogP contribution in [-0.2, 0) is 14.3 Å². The van der Waals surface area contributed by atoms with Crippen molar-refractivity contribution in [3.63, 3.8) is 0 Å². The van der Waals surface area contributed by atoms with Gasteiger partial charge in [0.05, 0.1) is 18.0 Å². The summed E-state index contributed by atoms with van der Waals surface area (Å²) < 4.78 is 4.87. The van der Waals surface area contributed by atoms with Gasteiger partial charge in [-0.15, -0.1) is 11.3 Å². The molecule has 1 fully saturated rings. The van der Waals surface area contributed by atoms with Crippen LogP contribution in [-0.4, -0.2) is 48.4 Å². The van der Waals surface area contributed by atoms with Gasteiger partial charge in [-0.3, -0.25) is 14.4 Å². The lowest BCUT2D eigenvalue weighted by Crippen LogP contribution is -2.44. The van der Waals surface area contributed by atoms with Crippen LogP contribution in [0.2, 0.25) is 0 Å². The summed E-state index contributed by atoms with van der Waals surface area (Å²) in [6, 6.07) is 3.57. The Bertz CT molecular complexity index is 511. The molecule has 2 amide bonds. The molecule has 1 heterocycles. The number of amides is 2. The van der Waals surface area contributed by atoms with Crippen LogP contribution in [0.1, 0.15) is 29.4 Å². The molecule has 0 bridgehead atoms. The number of hydrogen-bond donors (Lipinski definition) is 1. The van der Waals surface area contributed by atoms with Crippen molar-refractivity contribution in [1.29, 1.82) is 0 Å². The van der Waals surface area contributed by atoms with Crippen LogP contribution in [0, 0.1) is 0 Å². The highest BCUT2D eigenvalue weighted by Crippen LogP contribution is 2.26. The van der Waals surface area contributed by atoms with Crippen molar-refractivity contribution in [3.05, 3.63) is 22.4 Å². The normalized spacial score (nSPS) is 13.6. The molecule has 0 atom stereocenters. The molecule has 0 aromatic carbocycles. The first-order valence-corrected chi connectivity index (χ1v) is 7.76. The molecule has 1 aliphatic carbocycles. The quantitative estimate of drug-likeness (QED) is 0.763. The lowest BCUT2D eigenvalue weighted by molar-refractivity contribution is -0.149. The number of carbonyl (C=O) groups is 3. The summed E-state index contributed by atoms with van der Waals surface area (Å²) in [5.41, 5.74) is 0. The number of thiophene rings is 1. The molecule has 0 saturated heterocycles. The molecule has 0 spiro atoms. The second-order valence-electron chi connectivity index (χ2n) is 4.72. The summed E-state index contributed by atoms with van der Waals surface area (Å²) in [7, 11) is 0. The zero-order valence-electron chi connectivity index (χ0n) is 11.8. The van der Waals surface area contributed by atoms with Gasteiger partial charge in [-0.1, -0.05) is 6.07 Å². The van der Waals surface area contributed by atoms with Crippen molar-refractivity contribution in [1.82, 2.24) is 10.2 Å². The van der Waals surface area contributed by atoms with Crippen LogP contribution >= 0.6 is 11.3 Å². The molecule has 1 aromatic heterocycles. The van der Waals surface area contributed by atoms with Gasteiger partial charge < -0.3 is 15.0 Å². The molecule has 0 radical (unpaired) electrons. The monoisotopic (exact) mass is 310 g/mol. The van der Waals surface area contributed by atoms with Crippen LogP contribution in [0.3, 0.4) is 0 Å². The fraction of sp³-hybridized carbons (Fsp3) is 0.500. The first-order chi connectivity index (χ1) is 10.1. The fourth-order valence-electron chi connectivity index (χ4n) is 1.91. The maximum atomic E-state index is 12.1. The first kappa shape index (κ1) is 15.5. The molecule has 6 nitrogen and oxygen atoms in total. The Morgan fingerprint density at radius 3 is 2.76 bits per heavy atom. The van der Waals surface area contributed by atoms with Crippen LogP contribution in [0.5, 0.6) is 0 Å². The highest BCUT2D eigenvalue weighted by molar-refractivity contribution is 7.12. The van der Waals surface area contributed by atoms with Gasteiger partial charge in [0.2, 0.25) is 5.91 Å². The Morgan fingerprint density at radius 1 is 1.43 bits per heavy atom. The van der Waals surface area contributed by atoms with Gasteiger partial charge >= 0.3 is 5.97 Å². The zero-order valence-corrected chi connectivity index (χ0v) is 12.6. The number of ether oxygens (including phenoxy) is 1. The van der Waals surface area contributed by atoms with Crippen molar-refractivity contribution in [2.75, 3.05) is 19.7 Å². The zero-order chi connectivity index (χ0) is 15.2. The SMILES string of the molecule is CCOC(=O)CN(C(=O)CNC(=O)c1cccs1)C1CC1. The minimum atomic E-state index is -0.415. The molecule has 114 valence electrons. The van der Waals surface area contributed by atoms with E-state index in [4.69, 9.17) is 4.74 Å². The maximum Gasteiger partial charge on any atom is 0.325 e. The van der Waals surface area contributed by atoms with Crippen molar-refractivity contribution < 1.29 is 19.1 Å². The minimum Gasteiger partial charge on any atom is -0.465 e. The lowest BCUT2D eigenvalue weighted by atomic mass is 10.4. The number of hydrogen-bond acceptors (Lipinski definition) is 5. The van der Waals surface area contributed by atoms with Crippen molar-refractivity contribution in [3.8, 4) is 0 Å². The standard InChI is InChI=1S/C14H18N2O4S/c1-2-20-13(18)9-16(10-5-6-10)12(17)8-15-14(19)11-4-3-7-21-11/h3-4,7,10H,2,5-6,8-9H2,1H3,(H,15,19). The molecule has 2 rings (SSSR count). The third-order valence-corrected chi connectivity index (χ3v) is 3.93. The molecule has 1 saturated carbocycles. The second-order valence-corrected chi connectivity index (χ2v) is 5.67. The van der Waals surface area contributed by atoms with Crippen LogP contribution in [0.4, 0.5) is 0 Å². The van der Waals surface area contributed by atoms with Crippen LogP contribution < -0.4 is 5.32 Å². The van der Waals surface area contributed by atoms with Gasteiger partial charge in [0.25, 0.3) is 5.91 Å². The topological polar surface area (TPSA) is 75.7 Å². The summed E-state index contributed by atoms with van der Waals surface area (Å²) in [6.07, 6.45) is 1.79. The lowest BCUT2D eigenvalue weighted by Gasteiger charge is -2.21. The minimum absolute atomic E-state index is 0.0494. The summed E-state index contributed by atoms with van der Waals surface area (Å²) in [5, 5.41) is 4.38. The van der Waals surface area contributed by atoms with Gasteiger partial charge in [0.1, 0.15) is 6.54 Å². The van der Waals surface area contributed by atoms with Crippen LogP contribution in [0.15, 0.2) is 17.5 Å². The Balaban J connectivity index is 1.84. The van der Waals surface area contributed by atoms with E-state index in [1.807, 2.05) is 0 Å². The van der Waals surface area contributed by atoms with E-state index < -0.39 is 5.97 Å². The van der Waals surface area contributed by atoms with Crippen LogP contribution in [0.25, 0.3) is 0 Å². The summed E-state index contributed by atoms with van der Waals surface area (Å²) in [5.74, 6) is -0.942. The molecule has 21 heavy (non-hydrogen) atoms. The number of nitrogens with zero attached hydrogens (tertiary/aromatic N) is 1. The van der Waals surface area contributed by atoms with Crippen molar-refractivity contribution in [2.24, 2.45) is 0 Å². The Kier molecular flexibility index (Phi) is 5.32. The third kappa shape index (κ3) is 4.56. The van der Waals surface area contributed by atoms with Gasteiger partial charge in [0, 0.05) is 6.04 Å². The molecule has 1 N–H and O–H groups in total. The summed E-state index contributed by atoms with van der Waals surface area (Å²) in [4.78, 5) is 37.5. The van der Waals surface area contributed by atoms with E-state index in [0.29, 0.717) is 11.5 Å². The number of esters is 1. The first-order valence-electron chi connectivity index (χ1n) is 6.88. The molecular formula is C14H18N2O4S. The molecule has 1 aromatic rings. The molecule has 1 aliphatic rings. The van der Waals surface area contributed by atoms with Gasteiger partial charge in [0.15, 0.2) is 0 Å². The van der Waals surface area contributed by atoms with E-state index in [1.165, 1.54) is 16.2 Å². The molecule has 7 heteroatoms. The van der Waals surface area contributed by atoms with E-state index in [1.54, 1.807) is 24.4 Å². The largest absolute Gasteiger partial charge is 0.465 e. The summed E-state index contributed by atoms with van der Waals surface area (Å²) in [6.45, 7) is 1.86. The van der Waals surface area contributed by atoms with Crippen molar-refractivity contribution in [2.45, 2.75) is 25.8 Å². The van der Waals surface area contributed by atoms with Gasteiger partial charge in [-0.05, 0) is 31.2 Å². The average molecular weight is 310 g/mol. The molecule has 0 aliphatic heterocycles. The van der Waals surface area contributed by atoms with E-state index in [0.717, 1.165) is 12.8 Å². The van der Waals surface area contributed by atoms with E-state index in [-0.39, 0.29) is 30.9 Å². The molecular weight excluding hydrogens is 292 g/mol. The highest BCUT2D eigenvalue weighted by Gasteiger charge is 2.34. The van der Waals surface area contributed by atoms with E-state index in [9.17, 15) is 14.4 Å². The summed E-state index contributed by atoms with van der Waals surface area (Å²) >= 11 is 1.32. The van der Waals surface area contributed by atoms with E-state index >= 15 is 0 Å². The third-order valence-electron chi connectivity index (χ3n) is 3.06. The predicted octanol–water partition coefficient (Wildman–Crippen LogP) is 1.03. The highest BCUT2D eigenvalue weighted by atomic mass is 32.1. The van der Waals surface area contributed by atoms with Gasteiger partial charge in [-0.2, -0.15) is 0 Å². The average Bonchev–Trinajstić information content (AvgIpc) is 3.15. The maximum absolute atomic E-state index is 12.1. The molecule has 0 unspecified atom stereocenters. The van der Waals surface area contributed by atoms with Crippen molar-refractivity contribution >= 4 is 29.1 Å².